The average Bonchev–Trinajstić information content (AvgIpc) is 2.55. The highest BCUT2D eigenvalue weighted by Gasteiger charge is 2.44. The summed E-state index contributed by atoms with van der Waals surface area (Å²) in [5.74, 6) is -0.226. The van der Waals surface area contributed by atoms with Gasteiger partial charge in [-0.1, -0.05) is 0 Å². The van der Waals surface area contributed by atoms with Crippen LogP contribution in [0.25, 0.3) is 0 Å². The lowest BCUT2D eigenvalue weighted by atomic mass is 9.99. The quantitative estimate of drug-likeness (QED) is 0.503. The molecule has 0 amide bonds. The molecule has 1 aromatic carbocycles. The summed E-state index contributed by atoms with van der Waals surface area (Å²) in [5, 5.41) is 38.3. The minimum absolute atomic E-state index is 0.275. The van der Waals surface area contributed by atoms with Gasteiger partial charge in [0.1, 0.15) is 30.2 Å². The largest absolute Gasteiger partial charge is 0.465 e. The normalized spacial score (nSPS) is 31.6. The number of carbonyl (C=O) groups excluding carboxylic acids is 1. The molecule has 8 heteroatoms. The van der Waals surface area contributed by atoms with Crippen molar-refractivity contribution >= 4 is 5.97 Å². The summed E-state index contributed by atoms with van der Waals surface area (Å²) < 4.78 is 15.2. The second-order valence-corrected chi connectivity index (χ2v) is 4.83. The summed E-state index contributed by atoms with van der Waals surface area (Å²) in [6, 6.07) is 5.86. The monoisotopic (exact) mass is 314 g/mol. The van der Waals surface area contributed by atoms with Crippen LogP contribution in [-0.4, -0.2) is 70.8 Å². The van der Waals surface area contributed by atoms with E-state index in [2.05, 4.69) is 4.74 Å². The van der Waals surface area contributed by atoms with E-state index in [4.69, 9.17) is 14.6 Å². The van der Waals surface area contributed by atoms with E-state index in [1.807, 2.05) is 0 Å². The Kier molecular flexibility index (Phi) is 5.33. The van der Waals surface area contributed by atoms with Crippen molar-refractivity contribution in [1.82, 2.24) is 0 Å². The predicted molar refractivity (Wildman–Crippen MR) is 72.2 cm³/mol. The van der Waals surface area contributed by atoms with E-state index >= 15 is 0 Å². The molecule has 0 radical (unpaired) electrons. The van der Waals surface area contributed by atoms with Crippen molar-refractivity contribution < 1.29 is 39.4 Å². The van der Waals surface area contributed by atoms with Gasteiger partial charge in [0, 0.05) is 0 Å². The van der Waals surface area contributed by atoms with E-state index < -0.39 is 43.3 Å². The topological polar surface area (TPSA) is 126 Å². The Balaban J connectivity index is 2.07. The molecule has 0 saturated carbocycles. The fraction of sp³-hybridized carbons (Fsp3) is 0.500. The van der Waals surface area contributed by atoms with Crippen molar-refractivity contribution in [1.29, 1.82) is 0 Å². The lowest BCUT2D eigenvalue weighted by Crippen LogP contribution is -2.60. The van der Waals surface area contributed by atoms with E-state index in [0.29, 0.717) is 5.56 Å². The first-order chi connectivity index (χ1) is 10.5. The second kappa shape index (κ2) is 7.03. The molecule has 4 N–H and O–H groups in total. The summed E-state index contributed by atoms with van der Waals surface area (Å²) in [7, 11) is 1.26. The molecule has 1 fully saturated rings. The highest BCUT2D eigenvalue weighted by Crippen LogP contribution is 2.24. The van der Waals surface area contributed by atoms with E-state index in [1.165, 1.54) is 31.4 Å². The zero-order valence-electron chi connectivity index (χ0n) is 11.8. The lowest BCUT2D eigenvalue weighted by molar-refractivity contribution is -0.277. The van der Waals surface area contributed by atoms with Crippen molar-refractivity contribution in [3.05, 3.63) is 29.8 Å². The van der Waals surface area contributed by atoms with Crippen LogP contribution in [0.5, 0.6) is 5.75 Å². The Hall–Kier alpha value is -1.71. The van der Waals surface area contributed by atoms with Gasteiger partial charge in [-0.25, -0.2) is 4.79 Å². The standard InChI is InChI=1S/C14H18O8/c1-20-13(19)7-2-4-8(5-3-7)21-14-12(18)11(17)10(16)9(6-15)22-14/h2-5,9-12,14-18H,6H2,1H3/t9-,10-,11+,12+,14+/m1/s1. The van der Waals surface area contributed by atoms with Gasteiger partial charge in [-0.3, -0.25) is 0 Å². The van der Waals surface area contributed by atoms with Crippen LogP contribution in [0.1, 0.15) is 10.4 Å². The highest BCUT2D eigenvalue weighted by atomic mass is 16.7. The molecule has 1 aliphatic heterocycles. The Morgan fingerprint density at radius 1 is 1.14 bits per heavy atom. The average molecular weight is 314 g/mol. The van der Waals surface area contributed by atoms with Gasteiger partial charge in [0.05, 0.1) is 19.3 Å². The van der Waals surface area contributed by atoms with Crippen LogP contribution in [-0.2, 0) is 9.47 Å². The minimum Gasteiger partial charge on any atom is -0.465 e. The van der Waals surface area contributed by atoms with E-state index in [-0.39, 0.29) is 5.75 Å². The summed E-state index contributed by atoms with van der Waals surface area (Å²) in [5.41, 5.74) is 0.323. The van der Waals surface area contributed by atoms with Crippen molar-refractivity contribution in [3.63, 3.8) is 0 Å². The molecule has 0 aromatic heterocycles. The second-order valence-electron chi connectivity index (χ2n) is 4.83. The van der Waals surface area contributed by atoms with Crippen LogP contribution in [0.15, 0.2) is 24.3 Å². The first kappa shape index (κ1) is 16.7. The number of ether oxygens (including phenoxy) is 3. The number of benzene rings is 1. The number of hydrogen-bond acceptors (Lipinski definition) is 8. The summed E-state index contributed by atoms with van der Waals surface area (Å²) >= 11 is 0. The first-order valence-electron chi connectivity index (χ1n) is 6.63. The lowest BCUT2D eigenvalue weighted by Gasteiger charge is -2.39. The third-order valence-electron chi connectivity index (χ3n) is 3.38. The van der Waals surface area contributed by atoms with E-state index in [9.17, 15) is 20.1 Å². The SMILES string of the molecule is COC(=O)c1ccc(O[C@H]2O[C@H](CO)[C@@H](O)[C@H](O)[C@@H]2O)cc1. The smallest absolute Gasteiger partial charge is 0.337 e. The summed E-state index contributed by atoms with van der Waals surface area (Å²) in [4.78, 5) is 11.3. The van der Waals surface area contributed by atoms with Gasteiger partial charge < -0.3 is 34.6 Å². The predicted octanol–water partition coefficient (Wildman–Crippen LogP) is -1.35. The van der Waals surface area contributed by atoms with Gasteiger partial charge in [-0.05, 0) is 24.3 Å². The number of hydrogen-bond donors (Lipinski definition) is 4. The van der Waals surface area contributed by atoms with Gasteiger partial charge in [0.2, 0.25) is 6.29 Å². The molecule has 8 nitrogen and oxygen atoms in total. The van der Waals surface area contributed by atoms with Gasteiger partial charge in [-0.15, -0.1) is 0 Å². The number of aliphatic hydroxyl groups is 4. The zero-order chi connectivity index (χ0) is 16.3. The summed E-state index contributed by atoms with van der Waals surface area (Å²) in [6.07, 6.45) is -6.75. The maximum absolute atomic E-state index is 11.3. The molecule has 1 saturated heterocycles. The fourth-order valence-electron chi connectivity index (χ4n) is 2.09. The molecule has 0 bridgehead atoms. The Bertz CT molecular complexity index is 500. The molecule has 1 aliphatic rings. The maximum atomic E-state index is 11.3. The molecule has 122 valence electrons. The van der Waals surface area contributed by atoms with Crippen molar-refractivity contribution in [2.75, 3.05) is 13.7 Å². The molecule has 0 unspecified atom stereocenters. The minimum atomic E-state index is -1.51. The van der Waals surface area contributed by atoms with Crippen LogP contribution in [0.2, 0.25) is 0 Å². The van der Waals surface area contributed by atoms with Crippen molar-refractivity contribution in [2.24, 2.45) is 0 Å². The molecule has 5 atom stereocenters. The van der Waals surface area contributed by atoms with Gasteiger partial charge in [-0.2, -0.15) is 0 Å². The van der Waals surface area contributed by atoms with Crippen molar-refractivity contribution in [3.8, 4) is 5.75 Å². The van der Waals surface area contributed by atoms with Crippen molar-refractivity contribution in [2.45, 2.75) is 30.7 Å². The molecule has 1 aromatic rings. The van der Waals surface area contributed by atoms with Crippen LogP contribution < -0.4 is 4.74 Å². The number of methoxy groups -OCH3 is 1. The number of rotatable bonds is 4. The van der Waals surface area contributed by atoms with Crippen LogP contribution in [0, 0.1) is 0 Å². The molecular weight excluding hydrogens is 296 g/mol. The number of carbonyl (C=O) groups is 1. The molecular formula is C14H18O8. The molecule has 0 spiro atoms. The maximum Gasteiger partial charge on any atom is 0.337 e. The van der Waals surface area contributed by atoms with Gasteiger partial charge in [0.25, 0.3) is 0 Å². The third-order valence-corrected chi connectivity index (χ3v) is 3.38. The number of aliphatic hydroxyl groups excluding tert-OH is 4. The third kappa shape index (κ3) is 3.37. The molecule has 2 rings (SSSR count). The van der Waals surface area contributed by atoms with Crippen LogP contribution >= 0.6 is 0 Å². The Morgan fingerprint density at radius 2 is 1.77 bits per heavy atom. The van der Waals surface area contributed by atoms with Gasteiger partial charge in [0.15, 0.2) is 0 Å². The van der Waals surface area contributed by atoms with Crippen LogP contribution in [0.3, 0.4) is 0 Å². The zero-order valence-corrected chi connectivity index (χ0v) is 11.8. The molecule has 0 aliphatic carbocycles. The Morgan fingerprint density at radius 3 is 2.32 bits per heavy atom. The van der Waals surface area contributed by atoms with Crippen LogP contribution in [0.4, 0.5) is 0 Å². The summed E-state index contributed by atoms with van der Waals surface area (Å²) in [6.45, 7) is -0.536. The molecule has 1 heterocycles. The Labute approximate surface area is 126 Å². The first-order valence-corrected chi connectivity index (χ1v) is 6.63. The fourth-order valence-corrected chi connectivity index (χ4v) is 2.09. The molecule has 22 heavy (non-hydrogen) atoms. The van der Waals surface area contributed by atoms with E-state index in [1.54, 1.807) is 0 Å². The number of esters is 1. The van der Waals surface area contributed by atoms with E-state index in [0.717, 1.165) is 0 Å². The highest BCUT2D eigenvalue weighted by molar-refractivity contribution is 5.89. The van der Waals surface area contributed by atoms with Gasteiger partial charge >= 0.3 is 5.97 Å².